The Morgan fingerprint density at radius 3 is 2.16 bits per heavy atom. The number of hydrogen-bond acceptors (Lipinski definition) is 10. The van der Waals surface area contributed by atoms with Crippen LogP contribution in [0.4, 0.5) is 17.1 Å². The molecule has 2 aromatic carbocycles. The van der Waals surface area contributed by atoms with Gasteiger partial charge in [-0.1, -0.05) is 98.8 Å². The zero-order chi connectivity index (χ0) is 42.3. The molecule has 0 bridgehead atoms. The molecule has 0 spiro atoms. The van der Waals surface area contributed by atoms with E-state index in [1.165, 1.54) is 30.5 Å². The van der Waals surface area contributed by atoms with E-state index in [4.69, 9.17) is 24.9 Å². The van der Waals surface area contributed by atoms with Crippen molar-refractivity contribution in [3.8, 4) is 11.4 Å². The summed E-state index contributed by atoms with van der Waals surface area (Å²) >= 11 is 0. The van der Waals surface area contributed by atoms with Crippen LogP contribution < -0.4 is 14.9 Å². The van der Waals surface area contributed by atoms with E-state index in [0.717, 1.165) is 85.8 Å². The maximum atomic E-state index is 13.1. The number of likely N-dealkylation sites (N-methyl/N-ethyl adjacent to an activating group) is 1. The first kappa shape index (κ1) is 46.3. The Morgan fingerprint density at radius 1 is 0.914 bits per heavy atom. The van der Waals surface area contributed by atoms with Gasteiger partial charge in [-0.2, -0.15) is 5.10 Å². The third-order valence-electron chi connectivity index (χ3n) is 10.3. The number of ether oxygens (including phenoxy) is 1. The molecule has 1 aliphatic rings. The largest absolute Gasteiger partial charge is 0.455 e. The van der Waals surface area contributed by atoms with Crippen molar-refractivity contribution in [2.24, 2.45) is 21.4 Å². The average Bonchev–Trinajstić information content (AvgIpc) is 3.74. The van der Waals surface area contributed by atoms with Gasteiger partial charge in [0.05, 0.1) is 23.6 Å². The smallest absolute Gasteiger partial charge is 0.309 e. The molecule has 1 aromatic heterocycles. The van der Waals surface area contributed by atoms with Crippen molar-refractivity contribution in [2.75, 3.05) is 42.7 Å². The highest BCUT2D eigenvalue weighted by atomic mass is 32.2. The predicted octanol–water partition coefficient (Wildman–Crippen LogP) is 8.83. The summed E-state index contributed by atoms with van der Waals surface area (Å²) in [5.74, 6) is 0.171. The van der Waals surface area contributed by atoms with Crippen LogP contribution in [-0.2, 0) is 24.3 Å². The minimum absolute atomic E-state index is 0.167. The van der Waals surface area contributed by atoms with E-state index >= 15 is 0 Å². The highest BCUT2D eigenvalue weighted by molar-refractivity contribution is 7.88. The number of carbonyl (C=O) groups excluding carboxylic acids is 2. The highest BCUT2D eigenvalue weighted by Crippen LogP contribution is 2.31. The van der Waals surface area contributed by atoms with E-state index in [0.29, 0.717) is 42.7 Å². The topological polar surface area (TPSA) is 160 Å². The molecule has 4 rings (SSSR count). The van der Waals surface area contributed by atoms with Crippen LogP contribution in [0.3, 0.4) is 0 Å². The van der Waals surface area contributed by atoms with E-state index < -0.39 is 10.0 Å². The van der Waals surface area contributed by atoms with Crippen molar-refractivity contribution in [3.63, 3.8) is 0 Å². The number of hydrogen-bond donors (Lipinski definition) is 2. The Bertz CT molecular complexity index is 1980. The van der Waals surface area contributed by atoms with Crippen LogP contribution in [0.5, 0.6) is 0 Å². The van der Waals surface area contributed by atoms with Gasteiger partial charge in [0.15, 0.2) is 12.4 Å². The summed E-state index contributed by atoms with van der Waals surface area (Å²) in [4.78, 5) is 39.5. The average molecular weight is 819 g/mol. The van der Waals surface area contributed by atoms with Crippen LogP contribution in [0.25, 0.3) is 11.4 Å². The number of aromatic nitrogens is 3. The van der Waals surface area contributed by atoms with Crippen molar-refractivity contribution in [2.45, 2.75) is 126 Å². The lowest BCUT2D eigenvalue weighted by atomic mass is 9.87. The molecule has 1 amide bonds. The maximum Gasteiger partial charge on any atom is 0.309 e. The number of benzene rings is 2. The van der Waals surface area contributed by atoms with Crippen LogP contribution in [-0.4, -0.2) is 79.1 Å². The van der Waals surface area contributed by atoms with Gasteiger partial charge >= 0.3 is 5.97 Å². The Hall–Kier alpha value is -4.43. The Kier molecular flexibility index (Phi) is 17.6. The number of nitrogens with one attached hydrogen (secondary N) is 2. The second-order valence-electron chi connectivity index (χ2n) is 16.4. The number of amides is 1. The fraction of sp³-hybridized carbons (Fsp3) is 0.591. The SMILES string of the molecule is CCCCCCCCC(CCCCCC)C(=O)OCC(=O)Nc1ccc(-c2nc3n(n2)N=C(C(C)(C)C)C3=Nc2ccc(N(CC)CCNS(C)(=O)=O)cc2C)cc1. The molecular weight excluding hydrogens is 753 g/mol. The van der Waals surface area contributed by atoms with Crippen molar-refractivity contribution in [1.29, 1.82) is 0 Å². The molecule has 1 unspecified atom stereocenters. The van der Waals surface area contributed by atoms with Crippen LogP contribution in [0.2, 0.25) is 0 Å². The van der Waals surface area contributed by atoms with Gasteiger partial charge < -0.3 is 15.0 Å². The van der Waals surface area contributed by atoms with Gasteiger partial charge in [0.2, 0.25) is 15.8 Å². The third-order valence-corrected chi connectivity index (χ3v) is 11.0. The molecule has 3 aromatic rings. The van der Waals surface area contributed by atoms with E-state index in [1.807, 2.05) is 38.1 Å². The first-order valence-electron chi connectivity index (χ1n) is 21.2. The van der Waals surface area contributed by atoms with Crippen LogP contribution in [0.1, 0.15) is 130 Å². The minimum atomic E-state index is -3.27. The molecule has 2 N–H and O–H groups in total. The van der Waals surface area contributed by atoms with Gasteiger partial charge in [-0.15, -0.1) is 9.89 Å². The summed E-state index contributed by atoms with van der Waals surface area (Å²) in [6, 6.07) is 13.2. The summed E-state index contributed by atoms with van der Waals surface area (Å²) in [5, 5.41) is 12.4. The number of aliphatic imine (C=N–C) groups is 1. The summed E-state index contributed by atoms with van der Waals surface area (Å²) < 4.78 is 31.2. The molecule has 1 atom stereocenters. The zero-order valence-electron chi connectivity index (χ0n) is 36.1. The molecule has 58 heavy (non-hydrogen) atoms. The lowest BCUT2D eigenvalue weighted by Crippen LogP contribution is -2.34. The Morgan fingerprint density at radius 2 is 1.55 bits per heavy atom. The predicted molar refractivity (Wildman–Crippen MR) is 236 cm³/mol. The molecule has 0 saturated heterocycles. The molecule has 2 heterocycles. The van der Waals surface area contributed by atoms with Gasteiger partial charge in [0.1, 0.15) is 5.71 Å². The van der Waals surface area contributed by atoms with Crippen molar-refractivity contribution in [1.82, 2.24) is 19.6 Å². The number of rotatable bonds is 24. The van der Waals surface area contributed by atoms with Crippen molar-refractivity contribution >= 4 is 50.4 Å². The fourth-order valence-corrected chi connectivity index (χ4v) is 7.40. The monoisotopic (exact) mass is 818 g/mol. The van der Waals surface area contributed by atoms with Crippen LogP contribution in [0, 0.1) is 18.3 Å². The summed E-state index contributed by atoms with van der Waals surface area (Å²) in [7, 11) is -3.27. The van der Waals surface area contributed by atoms with Gasteiger partial charge in [0.25, 0.3) is 5.91 Å². The van der Waals surface area contributed by atoms with Gasteiger partial charge in [0, 0.05) is 42.0 Å². The molecule has 1 aliphatic heterocycles. The number of fused-ring (bicyclic) bond motifs is 1. The Balaban J connectivity index is 1.41. The lowest BCUT2D eigenvalue weighted by molar-refractivity contribution is -0.152. The maximum absolute atomic E-state index is 13.1. The number of anilines is 2. The minimum Gasteiger partial charge on any atom is -0.455 e. The number of carbonyl (C=O) groups is 2. The molecule has 13 nitrogen and oxygen atoms in total. The van der Waals surface area contributed by atoms with Gasteiger partial charge in [-0.3, -0.25) is 9.59 Å². The van der Waals surface area contributed by atoms with Gasteiger partial charge in [-0.05, 0) is 74.7 Å². The van der Waals surface area contributed by atoms with E-state index in [2.05, 4.69) is 55.6 Å². The highest BCUT2D eigenvalue weighted by Gasteiger charge is 2.35. The zero-order valence-corrected chi connectivity index (χ0v) is 36.9. The molecule has 0 radical (unpaired) electrons. The van der Waals surface area contributed by atoms with Gasteiger partial charge in [-0.25, -0.2) is 23.1 Å². The summed E-state index contributed by atoms with van der Waals surface area (Å²) in [6.45, 7) is 15.9. The third kappa shape index (κ3) is 14.1. The number of sulfonamides is 1. The number of aryl methyl sites for hydroxylation is 1. The second kappa shape index (κ2) is 22.1. The summed E-state index contributed by atoms with van der Waals surface area (Å²) in [5.41, 5.74) is 5.08. The fourth-order valence-electron chi connectivity index (χ4n) is 6.94. The normalized spacial score (nSPS) is 14.0. The molecule has 318 valence electrons. The first-order chi connectivity index (χ1) is 27.6. The van der Waals surface area contributed by atoms with E-state index in [1.54, 1.807) is 12.1 Å². The quantitative estimate of drug-likeness (QED) is 0.0670. The number of unbranched alkanes of at least 4 members (excludes halogenated alkanes) is 8. The second-order valence-corrected chi connectivity index (χ2v) is 18.2. The van der Waals surface area contributed by atoms with Crippen molar-refractivity contribution in [3.05, 3.63) is 53.9 Å². The lowest BCUT2D eigenvalue weighted by Gasteiger charge is -2.24. The molecule has 0 aliphatic carbocycles. The molecular formula is C44H66N8O5S. The standard InChI is InChI=1S/C44H66N8O5S/c1-9-12-14-16-17-19-21-34(20-18-15-13-10-2)43(54)57-31-38(53)46-35-24-22-33(23-25-35)41-48-42-39(40(44(5,6)7)49-52(42)50-41)47-37-27-26-36(30-32(37)4)51(11-3)29-28-45-58(8,55)56/h22-27,30,34,45H,9-21,28-29,31H2,1-8H3,(H,46,53). The first-order valence-corrected chi connectivity index (χ1v) is 23.1. The van der Waals surface area contributed by atoms with Crippen LogP contribution in [0.15, 0.2) is 52.6 Å². The number of nitrogens with zero attached hydrogens (tertiary/aromatic N) is 6. The summed E-state index contributed by atoms with van der Waals surface area (Å²) in [6.07, 6.45) is 14.2. The van der Waals surface area contributed by atoms with Crippen molar-refractivity contribution < 1.29 is 22.7 Å². The number of esters is 1. The molecule has 0 fully saturated rings. The molecule has 14 heteroatoms. The van der Waals surface area contributed by atoms with Crippen LogP contribution >= 0.6 is 0 Å². The van der Waals surface area contributed by atoms with E-state index in [9.17, 15) is 18.0 Å². The van der Waals surface area contributed by atoms with E-state index in [-0.39, 0.29) is 29.8 Å². The Labute approximate surface area is 346 Å². The molecule has 0 saturated carbocycles.